The second kappa shape index (κ2) is 6.27. The van der Waals surface area contributed by atoms with Crippen molar-refractivity contribution in [3.63, 3.8) is 0 Å². The van der Waals surface area contributed by atoms with Crippen molar-refractivity contribution in [1.82, 2.24) is 30.0 Å². The number of amides is 1. The molecule has 0 aliphatic carbocycles. The fourth-order valence-electron chi connectivity index (χ4n) is 3.37. The summed E-state index contributed by atoms with van der Waals surface area (Å²) < 4.78 is 13.4. The number of H-pyrrole nitrogens is 2. The summed E-state index contributed by atoms with van der Waals surface area (Å²) in [7, 11) is 0. The number of imidazole rings is 1. The molecule has 0 spiro atoms. The highest BCUT2D eigenvalue weighted by molar-refractivity contribution is 5.78. The Labute approximate surface area is 143 Å². The maximum absolute atomic E-state index is 13.4. The van der Waals surface area contributed by atoms with Crippen LogP contribution in [-0.2, 0) is 11.2 Å². The number of hydrogen-bond acceptors (Lipinski definition) is 4. The largest absolute Gasteiger partial charge is 0.340 e. The SMILES string of the molecule is Cc1nc(CCC(=O)N2CCC[C@@H]2c2nc3ccc(F)cc3[nH]2)n[nH]1. The molecule has 1 fully saturated rings. The van der Waals surface area contributed by atoms with Crippen LogP contribution in [0.1, 0.15) is 42.8 Å². The van der Waals surface area contributed by atoms with E-state index in [0.717, 1.165) is 24.5 Å². The molecule has 4 rings (SSSR count). The van der Waals surface area contributed by atoms with Gasteiger partial charge in [-0.1, -0.05) is 0 Å². The third kappa shape index (κ3) is 3.11. The predicted octanol–water partition coefficient (Wildman–Crippen LogP) is 2.42. The van der Waals surface area contributed by atoms with Crippen molar-refractivity contribution in [1.29, 1.82) is 0 Å². The first kappa shape index (κ1) is 15.7. The molecule has 1 aliphatic rings. The number of carbonyl (C=O) groups is 1. The number of carbonyl (C=O) groups excluding carboxylic acids is 1. The molecule has 0 unspecified atom stereocenters. The second-order valence-electron chi connectivity index (χ2n) is 6.37. The van der Waals surface area contributed by atoms with Gasteiger partial charge in [-0.2, -0.15) is 5.10 Å². The summed E-state index contributed by atoms with van der Waals surface area (Å²) in [5.74, 6) is 1.89. The van der Waals surface area contributed by atoms with Crippen molar-refractivity contribution in [2.45, 2.75) is 38.6 Å². The van der Waals surface area contributed by atoms with Gasteiger partial charge in [-0.25, -0.2) is 14.4 Å². The molecule has 1 aromatic carbocycles. The molecule has 7 nitrogen and oxygen atoms in total. The summed E-state index contributed by atoms with van der Waals surface area (Å²) in [6.45, 7) is 2.54. The highest BCUT2D eigenvalue weighted by Gasteiger charge is 2.31. The van der Waals surface area contributed by atoms with Crippen LogP contribution in [0.15, 0.2) is 18.2 Å². The van der Waals surface area contributed by atoms with Gasteiger partial charge < -0.3 is 9.88 Å². The third-order valence-electron chi connectivity index (χ3n) is 4.56. The summed E-state index contributed by atoms with van der Waals surface area (Å²) >= 11 is 0. The molecule has 0 bridgehead atoms. The molecule has 1 aliphatic heterocycles. The first-order valence-corrected chi connectivity index (χ1v) is 8.42. The van der Waals surface area contributed by atoms with Crippen LogP contribution in [0.25, 0.3) is 11.0 Å². The lowest BCUT2D eigenvalue weighted by Gasteiger charge is -2.23. The van der Waals surface area contributed by atoms with E-state index in [1.807, 2.05) is 11.8 Å². The molecule has 1 atom stereocenters. The van der Waals surface area contributed by atoms with Gasteiger partial charge in [0.05, 0.1) is 17.1 Å². The predicted molar refractivity (Wildman–Crippen MR) is 89.2 cm³/mol. The van der Waals surface area contributed by atoms with Gasteiger partial charge in [0.25, 0.3) is 0 Å². The zero-order valence-electron chi connectivity index (χ0n) is 13.9. The van der Waals surface area contributed by atoms with Gasteiger partial charge in [-0.3, -0.25) is 9.89 Å². The number of aromatic amines is 2. The minimum absolute atomic E-state index is 0.0663. The lowest BCUT2D eigenvalue weighted by molar-refractivity contribution is -0.132. The van der Waals surface area contributed by atoms with E-state index in [2.05, 4.69) is 25.1 Å². The van der Waals surface area contributed by atoms with E-state index in [1.165, 1.54) is 12.1 Å². The smallest absolute Gasteiger partial charge is 0.223 e. The normalized spacial score (nSPS) is 17.5. The molecule has 0 saturated carbocycles. The highest BCUT2D eigenvalue weighted by atomic mass is 19.1. The molecule has 130 valence electrons. The van der Waals surface area contributed by atoms with Crippen LogP contribution in [0.4, 0.5) is 4.39 Å². The molecule has 2 N–H and O–H groups in total. The fourth-order valence-corrected chi connectivity index (χ4v) is 3.37. The number of rotatable bonds is 4. The molecule has 25 heavy (non-hydrogen) atoms. The summed E-state index contributed by atoms with van der Waals surface area (Å²) in [6.07, 6.45) is 2.66. The van der Waals surface area contributed by atoms with Gasteiger partial charge >= 0.3 is 0 Å². The Morgan fingerprint density at radius 2 is 2.28 bits per heavy atom. The van der Waals surface area contributed by atoms with Crippen LogP contribution in [0, 0.1) is 12.7 Å². The molecular formula is C17H19FN6O. The van der Waals surface area contributed by atoms with Crippen LogP contribution in [-0.4, -0.2) is 42.5 Å². The van der Waals surface area contributed by atoms with Gasteiger partial charge in [-0.05, 0) is 38.0 Å². The van der Waals surface area contributed by atoms with Crippen molar-refractivity contribution in [2.24, 2.45) is 0 Å². The van der Waals surface area contributed by atoms with E-state index in [4.69, 9.17) is 0 Å². The number of hydrogen-bond donors (Lipinski definition) is 2. The van der Waals surface area contributed by atoms with Crippen molar-refractivity contribution < 1.29 is 9.18 Å². The van der Waals surface area contributed by atoms with Gasteiger partial charge in [-0.15, -0.1) is 0 Å². The minimum atomic E-state index is -0.302. The van der Waals surface area contributed by atoms with E-state index < -0.39 is 0 Å². The van der Waals surface area contributed by atoms with Crippen molar-refractivity contribution in [2.75, 3.05) is 6.54 Å². The number of aryl methyl sites for hydroxylation is 2. The number of halogens is 1. The summed E-state index contributed by atoms with van der Waals surface area (Å²) in [5.41, 5.74) is 1.37. The first-order valence-electron chi connectivity index (χ1n) is 8.42. The van der Waals surface area contributed by atoms with Gasteiger partial charge in [0.2, 0.25) is 5.91 Å². The van der Waals surface area contributed by atoms with E-state index in [-0.39, 0.29) is 17.8 Å². The van der Waals surface area contributed by atoms with Crippen LogP contribution >= 0.6 is 0 Å². The zero-order chi connectivity index (χ0) is 17.4. The topological polar surface area (TPSA) is 90.6 Å². The Balaban J connectivity index is 1.49. The maximum Gasteiger partial charge on any atom is 0.223 e. The molecule has 1 amide bonds. The lowest BCUT2D eigenvalue weighted by atomic mass is 10.2. The Hall–Kier alpha value is -2.77. The van der Waals surface area contributed by atoms with Gasteiger partial charge in [0.15, 0.2) is 5.82 Å². The molecule has 3 aromatic rings. The Morgan fingerprint density at radius 1 is 1.40 bits per heavy atom. The van der Waals surface area contributed by atoms with Gasteiger partial charge in [0, 0.05) is 19.4 Å². The monoisotopic (exact) mass is 342 g/mol. The lowest BCUT2D eigenvalue weighted by Crippen LogP contribution is -2.31. The van der Waals surface area contributed by atoms with Gasteiger partial charge in [0.1, 0.15) is 17.5 Å². The number of benzene rings is 1. The van der Waals surface area contributed by atoms with Crippen molar-refractivity contribution in [3.8, 4) is 0 Å². The second-order valence-corrected chi connectivity index (χ2v) is 6.37. The molecule has 8 heteroatoms. The number of likely N-dealkylation sites (tertiary alicyclic amines) is 1. The van der Waals surface area contributed by atoms with Crippen molar-refractivity contribution in [3.05, 3.63) is 41.5 Å². The average Bonchev–Trinajstić information content (AvgIpc) is 3.30. The summed E-state index contributed by atoms with van der Waals surface area (Å²) in [4.78, 5) is 26.4. The highest BCUT2D eigenvalue weighted by Crippen LogP contribution is 2.32. The first-order chi connectivity index (χ1) is 12.1. The van der Waals surface area contributed by atoms with Crippen LogP contribution in [0.2, 0.25) is 0 Å². The van der Waals surface area contributed by atoms with E-state index in [0.29, 0.717) is 36.2 Å². The summed E-state index contributed by atoms with van der Waals surface area (Å²) in [5, 5.41) is 6.85. The number of aromatic nitrogens is 5. The van der Waals surface area contributed by atoms with Crippen molar-refractivity contribution >= 4 is 16.9 Å². The van der Waals surface area contributed by atoms with E-state index in [1.54, 1.807) is 6.07 Å². The van der Waals surface area contributed by atoms with Crippen LogP contribution in [0.3, 0.4) is 0 Å². The Kier molecular flexibility index (Phi) is 3.95. The molecule has 0 radical (unpaired) electrons. The molecule has 3 heterocycles. The zero-order valence-corrected chi connectivity index (χ0v) is 13.9. The standard InChI is InChI=1S/C17H19FN6O/c1-10-19-15(23-22-10)6-7-16(25)24-8-2-3-14(24)17-20-12-5-4-11(18)9-13(12)21-17/h4-5,9,14H,2-3,6-8H2,1H3,(H,20,21)(H,19,22,23)/t14-/m1/s1. The fraction of sp³-hybridized carbons (Fsp3) is 0.412. The van der Waals surface area contributed by atoms with E-state index in [9.17, 15) is 9.18 Å². The van der Waals surface area contributed by atoms with Crippen LogP contribution in [0.5, 0.6) is 0 Å². The number of nitrogens with zero attached hydrogens (tertiary/aromatic N) is 4. The van der Waals surface area contributed by atoms with E-state index >= 15 is 0 Å². The average molecular weight is 342 g/mol. The third-order valence-corrected chi connectivity index (χ3v) is 4.56. The summed E-state index contributed by atoms with van der Waals surface area (Å²) in [6, 6.07) is 4.39. The minimum Gasteiger partial charge on any atom is -0.340 e. The molecular weight excluding hydrogens is 323 g/mol. The maximum atomic E-state index is 13.4. The number of fused-ring (bicyclic) bond motifs is 1. The Morgan fingerprint density at radius 3 is 3.08 bits per heavy atom. The Bertz CT molecular complexity index is 917. The van der Waals surface area contributed by atoms with Crippen LogP contribution < -0.4 is 0 Å². The molecule has 2 aromatic heterocycles. The number of nitrogens with one attached hydrogen (secondary N) is 2. The quantitative estimate of drug-likeness (QED) is 0.762. The molecule has 1 saturated heterocycles.